The molecule has 1 unspecified atom stereocenters. The standard InChI is InChI=1S/C27H16BrF2N5O/c28-22-7-4-5-16-15-35(34-25(16)22)24(20-13-17(29)9-10-23(20)30)8-3-1-2-6-18-19-11-12-32-27(19)33-14-21(18)26(31)36/h4-5,7,9-15,24H,8H2,(H2,31,36)(H,32,33). The van der Waals surface area contributed by atoms with Crippen LogP contribution in [-0.2, 0) is 0 Å². The van der Waals surface area contributed by atoms with Crippen LogP contribution in [0.5, 0.6) is 0 Å². The molecule has 1 amide bonds. The highest BCUT2D eigenvalue weighted by Crippen LogP contribution is 2.29. The van der Waals surface area contributed by atoms with Crippen LogP contribution < -0.4 is 5.73 Å². The van der Waals surface area contributed by atoms with E-state index in [1.54, 1.807) is 23.1 Å². The molecule has 36 heavy (non-hydrogen) atoms. The number of amides is 1. The number of halogens is 3. The molecular formula is C27H16BrF2N5O. The van der Waals surface area contributed by atoms with Gasteiger partial charge in [0.2, 0.25) is 0 Å². The van der Waals surface area contributed by atoms with E-state index < -0.39 is 23.6 Å². The highest BCUT2D eigenvalue weighted by Gasteiger charge is 2.20. The number of aromatic amines is 1. The summed E-state index contributed by atoms with van der Waals surface area (Å²) in [5, 5.41) is 6.07. The van der Waals surface area contributed by atoms with Crippen LogP contribution >= 0.6 is 15.9 Å². The molecule has 9 heteroatoms. The minimum atomic E-state index is -0.701. The number of rotatable bonds is 4. The first-order valence-electron chi connectivity index (χ1n) is 10.8. The van der Waals surface area contributed by atoms with Crippen LogP contribution in [0.2, 0.25) is 0 Å². The molecule has 0 saturated carbocycles. The van der Waals surface area contributed by atoms with E-state index in [0.29, 0.717) is 22.1 Å². The number of H-pyrrole nitrogens is 1. The maximum Gasteiger partial charge on any atom is 0.251 e. The number of nitrogens with zero attached hydrogens (tertiary/aromatic N) is 3. The van der Waals surface area contributed by atoms with Crippen molar-refractivity contribution in [3.8, 4) is 23.7 Å². The third-order valence-corrected chi connectivity index (χ3v) is 6.27. The molecule has 2 aromatic carbocycles. The van der Waals surface area contributed by atoms with Gasteiger partial charge in [-0.05, 0) is 58.1 Å². The largest absolute Gasteiger partial charge is 0.366 e. The van der Waals surface area contributed by atoms with Gasteiger partial charge in [0.15, 0.2) is 0 Å². The molecule has 3 heterocycles. The number of nitrogens with one attached hydrogen (secondary N) is 1. The highest BCUT2D eigenvalue weighted by molar-refractivity contribution is 9.10. The topological polar surface area (TPSA) is 89.6 Å². The van der Waals surface area contributed by atoms with Gasteiger partial charge in [-0.25, -0.2) is 13.8 Å². The first-order chi connectivity index (χ1) is 17.4. The monoisotopic (exact) mass is 543 g/mol. The number of hydrogen-bond donors (Lipinski definition) is 2. The van der Waals surface area contributed by atoms with Gasteiger partial charge < -0.3 is 10.7 Å². The second-order valence-electron chi connectivity index (χ2n) is 7.88. The van der Waals surface area contributed by atoms with Crippen LogP contribution in [-0.4, -0.2) is 25.7 Å². The lowest BCUT2D eigenvalue weighted by Crippen LogP contribution is -2.13. The number of benzene rings is 2. The number of pyridine rings is 1. The summed E-state index contributed by atoms with van der Waals surface area (Å²) in [5.74, 6) is 9.51. The molecule has 6 nitrogen and oxygen atoms in total. The van der Waals surface area contributed by atoms with Crippen molar-refractivity contribution in [2.75, 3.05) is 0 Å². The van der Waals surface area contributed by atoms with Gasteiger partial charge in [0.25, 0.3) is 5.91 Å². The Kier molecular flexibility index (Phi) is 6.24. The maximum atomic E-state index is 14.7. The van der Waals surface area contributed by atoms with E-state index in [0.717, 1.165) is 28.1 Å². The molecule has 0 radical (unpaired) electrons. The lowest BCUT2D eigenvalue weighted by Gasteiger charge is -2.16. The summed E-state index contributed by atoms with van der Waals surface area (Å²) in [7, 11) is 0. The highest BCUT2D eigenvalue weighted by atomic mass is 79.9. The van der Waals surface area contributed by atoms with Gasteiger partial charge in [0, 0.05) is 45.8 Å². The third kappa shape index (κ3) is 4.45. The first-order valence-corrected chi connectivity index (χ1v) is 11.5. The average molecular weight is 544 g/mol. The fraction of sp³-hybridized carbons (Fsp3) is 0.0741. The van der Waals surface area contributed by atoms with Crippen LogP contribution in [0, 0.1) is 35.3 Å². The average Bonchev–Trinajstić information content (AvgIpc) is 3.51. The minimum absolute atomic E-state index is 0.110. The van der Waals surface area contributed by atoms with Gasteiger partial charge in [0.05, 0.1) is 17.2 Å². The molecule has 3 N–H and O–H groups in total. The van der Waals surface area contributed by atoms with Gasteiger partial charge in [-0.3, -0.25) is 9.48 Å². The quantitative estimate of drug-likeness (QED) is 0.309. The molecule has 5 aromatic rings. The lowest BCUT2D eigenvalue weighted by atomic mass is 10.0. The fourth-order valence-electron chi connectivity index (χ4n) is 3.92. The predicted molar refractivity (Wildman–Crippen MR) is 136 cm³/mol. The van der Waals surface area contributed by atoms with Crippen molar-refractivity contribution in [3.05, 3.63) is 93.9 Å². The van der Waals surface area contributed by atoms with Crippen molar-refractivity contribution in [3.63, 3.8) is 0 Å². The van der Waals surface area contributed by atoms with E-state index in [-0.39, 0.29) is 17.5 Å². The van der Waals surface area contributed by atoms with Gasteiger partial charge in [-0.2, -0.15) is 5.10 Å². The molecule has 1 atom stereocenters. The molecule has 176 valence electrons. The smallest absolute Gasteiger partial charge is 0.251 e. The van der Waals surface area contributed by atoms with E-state index in [1.807, 2.05) is 18.2 Å². The maximum absolute atomic E-state index is 14.7. The van der Waals surface area contributed by atoms with E-state index in [2.05, 4.69) is 54.7 Å². The summed E-state index contributed by atoms with van der Waals surface area (Å²) in [6, 6.07) is 9.94. The molecule has 0 saturated heterocycles. The van der Waals surface area contributed by atoms with Crippen LogP contribution in [0.4, 0.5) is 8.78 Å². The Balaban J connectivity index is 1.52. The fourth-order valence-corrected chi connectivity index (χ4v) is 4.38. The van der Waals surface area contributed by atoms with E-state index in [1.165, 1.54) is 6.20 Å². The van der Waals surface area contributed by atoms with Crippen molar-refractivity contribution >= 4 is 43.8 Å². The normalized spacial score (nSPS) is 11.5. The minimum Gasteiger partial charge on any atom is -0.366 e. The summed E-state index contributed by atoms with van der Waals surface area (Å²) in [6.45, 7) is 0. The molecule has 3 aromatic heterocycles. The van der Waals surface area contributed by atoms with Crippen LogP contribution in [0.3, 0.4) is 0 Å². The Labute approximate surface area is 212 Å². The number of fused-ring (bicyclic) bond motifs is 2. The van der Waals surface area contributed by atoms with Crippen LogP contribution in [0.25, 0.3) is 21.9 Å². The van der Waals surface area contributed by atoms with Gasteiger partial charge in [-0.15, -0.1) is 0 Å². The summed E-state index contributed by atoms with van der Waals surface area (Å²) in [4.78, 5) is 18.9. The van der Waals surface area contributed by atoms with Gasteiger partial charge in [-0.1, -0.05) is 24.0 Å². The summed E-state index contributed by atoms with van der Waals surface area (Å²) < 4.78 is 31.1. The zero-order valence-electron chi connectivity index (χ0n) is 18.5. The van der Waals surface area contributed by atoms with Crippen LogP contribution in [0.15, 0.2) is 65.5 Å². The van der Waals surface area contributed by atoms with Crippen molar-refractivity contribution in [2.45, 2.75) is 12.5 Å². The molecule has 5 rings (SSSR count). The molecule has 0 spiro atoms. The Morgan fingerprint density at radius 1 is 1.19 bits per heavy atom. The summed E-state index contributed by atoms with van der Waals surface area (Å²) >= 11 is 3.47. The van der Waals surface area contributed by atoms with E-state index in [9.17, 15) is 13.6 Å². The molecule has 0 aliphatic rings. The SMILES string of the molecule is NC(=O)c1cnc2[nH]ccc2c1C#CC#CCC(c1cc(F)ccc1F)n1cc2cccc(Br)c2n1. The Morgan fingerprint density at radius 3 is 2.86 bits per heavy atom. The van der Waals surface area contributed by atoms with Gasteiger partial charge in [0.1, 0.15) is 22.8 Å². The Bertz CT molecular complexity index is 1770. The number of carbonyl (C=O) groups is 1. The Hall–Kier alpha value is -4.47. The first kappa shape index (κ1) is 23.3. The predicted octanol–water partition coefficient (Wildman–Crippen LogP) is 5.09. The summed E-state index contributed by atoms with van der Waals surface area (Å²) in [5.41, 5.74) is 7.46. The van der Waals surface area contributed by atoms with Crippen molar-refractivity contribution < 1.29 is 13.6 Å². The Morgan fingerprint density at radius 2 is 2.06 bits per heavy atom. The lowest BCUT2D eigenvalue weighted by molar-refractivity contribution is 0.1000. The number of hydrogen-bond acceptors (Lipinski definition) is 3. The van der Waals surface area contributed by atoms with E-state index >= 15 is 0 Å². The van der Waals surface area contributed by atoms with Crippen molar-refractivity contribution in [2.24, 2.45) is 5.73 Å². The van der Waals surface area contributed by atoms with E-state index in [4.69, 9.17) is 5.73 Å². The molecule has 0 bridgehead atoms. The van der Waals surface area contributed by atoms with Crippen molar-refractivity contribution in [1.82, 2.24) is 19.7 Å². The zero-order valence-corrected chi connectivity index (χ0v) is 20.1. The second kappa shape index (κ2) is 9.65. The summed E-state index contributed by atoms with van der Waals surface area (Å²) in [6.07, 6.45) is 4.92. The molecule has 0 fully saturated rings. The van der Waals surface area contributed by atoms with Crippen LogP contribution in [0.1, 0.15) is 33.9 Å². The van der Waals surface area contributed by atoms with Crippen molar-refractivity contribution in [1.29, 1.82) is 0 Å². The number of primary amides is 1. The number of nitrogens with two attached hydrogens (primary N) is 1. The molecule has 0 aliphatic carbocycles. The molecular weight excluding hydrogens is 528 g/mol. The second-order valence-corrected chi connectivity index (χ2v) is 8.73. The zero-order chi connectivity index (χ0) is 25.2. The number of aromatic nitrogens is 4. The molecule has 0 aliphatic heterocycles. The number of carbonyl (C=O) groups excluding carboxylic acids is 1. The van der Waals surface area contributed by atoms with Gasteiger partial charge >= 0.3 is 0 Å². The third-order valence-electron chi connectivity index (χ3n) is 5.63.